The number of hydrogen-bond acceptors (Lipinski definition) is 6. The van der Waals surface area contributed by atoms with Gasteiger partial charge in [0, 0.05) is 13.1 Å². The standard InChI is InChI=1S/C14H22N4OS/c1-4-15-13-11-6-8-20-14(11)17-12(16-13)9-18(3)7-5-10(2)19/h6,8,10,19H,4-5,7,9H2,1-3H3,(H,15,16,17). The largest absolute Gasteiger partial charge is 0.393 e. The number of aliphatic hydroxyl groups excluding tert-OH is 1. The van der Waals surface area contributed by atoms with E-state index in [1.54, 1.807) is 11.3 Å². The summed E-state index contributed by atoms with van der Waals surface area (Å²) in [5.41, 5.74) is 0. The van der Waals surface area contributed by atoms with Crippen molar-refractivity contribution in [1.82, 2.24) is 14.9 Å². The van der Waals surface area contributed by atoms with Gasteiger partial charge in [-0.1, -0.05) is 0 Å². The lowest BCUT2D eigenvalue weighted by atomic mass is 10.3. The second kappa shape index (κ2) is 6.97. The minimum absolute atomic E-state index is 0.268. The van der Waals surface area contributed by atoms with Crippen molar-refractivity contribution in [3.05, 3.63) is 17.3 Å². The number of anilines is 1. The Labute approximate surface area is 123 Å². The Balaban J connectivity index is 2.13. The van der Waals surface area contributed by atoms with Crippen molar-refractivity contribution >= 4 is 27.4 Å². The fourth-order valence-corrected chi connectivity index (χ4v) is 2.78. The Morgan fingerprint density at radius 3 is 2.95 bits per heavy atom. The highest BCUT2D eigenvalue weighted by atomic mass is 32.1. The zero-order valence-corrected chi connectivity index (χ0v) is 13.1. The van der Waals surface area contributed by atoms with Gasteiger partial charge in [-0.05, 0) is 38.8 Å². The molecule has 0 aliphatic rings. The average Bonchev–Trinajstić information content (AvgIpc) is 2.85. The number of hydrogen-bond donors (Lipinski definition) is 2. The molecule has 6 heteroatoms. The maximum absolute atomic E-state index is 9.33. The van der Waals surface area contributed by atoms with Crippen LogP contribution in [-0.2, 0) is 6.54 Å². The molecule has 110 valence electrons. The molecule has 0 amide bonds. The molecule has 5 nitrogen and oxygen atoms in total. The monoisotopic (exact) mass is 294 g/mol. The van der Waals surface area contributed by atoms with Crippen molar-refractivity contribution in [1.29, 1.82) is 0 Å². The molecular weight excluding hydrogens is 272 g/mol. The van der Waals surface area contributed by atoms with Gasteiger partial charge in [0.05, 0.1) is 18.0 Å². The Morgan fingerprint density at radius 2 is 2.25 bits per heavy atom. The number of thiophene rings is 1. The third kappa shape index (κ3) is 3.88. The van der Waals surface area contributed by atoms with Gasteiger partial charge in [-0.25, -0.2) is 9.97 Å². The SMILES string of the molecule is CCNc1nc(CN(C)CCC(C)O)nc2sccc12. The second-order valence-corrected chi connectivity index (χ2v) is 5.93. The third-order valence-electron chi connectivity index (χ3n) is 3.06. The van der Waals surface area contributed by atoms with Crippen LogP contribution in [0.4, 0.5) is 5.82 Å². The molecule has 2 heterocycles. The lowest BCUT2D eigenvalue weighted by Crippen LogP contribution is -2.23. The van der Waals surface area contributed by atoms with E-state index in [0.717, 1.165) is 41.4 Å². The van der Waals surface area contributed by atoms with Crippen LogP contribution in [0, 0.1) is 0 Å². The Bertz CT molecular complexity index is 555. The van der Waals surface area contributed by atoms with Gasteiger partial charge in [0.25, 0.3) is 0 Å². The first-order valence-electron chi connectivity index (χ1n) is 6.94. The lowest BCUT2D eigenvalue weighted by molar-refractivity contribution is 0.162. The maximum Gasteiger partial charge on any atom is 0.146 e. The third-order valence-corrected chi connectivity index (χ3v) is 3.86. The highest BCUT2D eigenvalue weighted by Crippen LogP contribution is 2.25. The van der Waals surface area contributed by atoms with E-state index in [1.807, 2.05) is 19.4 Å². The Kier molecular flexibility index (Phi) is 5.28. The summed E-state index contributed by atoms with van der Waals surface area (Å²) in [5, 5.41) is 15.8. The van der Waals surface area contributed by atoms with Crippen LogP contribution < -0.4 is 5.32 Å². The molecule has 0 aliphatic heterocycles. The molecule has 2 aromatic heterocycles. The highest BCUT2D eigenvalue weighted by molar-refractivity contribution is 7.16. The van der Waals surface area contributed by atoms with E-state index in [2.05, 4.69) is 33.2 Å². The number of aliphatic hydroxyl groups is 1. The molecule has 0 fully saturated rings. The molecule has 0 saturated carbocycles. The first kappa shape index (κ1) is 15.2. The van der Waals surface area contributed by atoms with Gasteiger partial charge in [0.2, 0.25) is 0 Å². The number of aromatic nitrogens is 2. The zero-order valence-electron chi connectivity index (χ0n) is 12.3. The van der Waals surface area contributed by atoms with Gasteiger partial charge in [-0.15, -0.1) is 11.3 Å². The van der Waals surface area contributed by atoms with E-state index < -0.39 is 0 Å². The van der Waals surface area contributed by atoms with E-state index in [9.17, 15) is 5.11 Å². The molecule has 1 atom stereocenters. The minimum Gasteiger partial charge on any atom is -0.393 e. The molecule has 20 heavy (non-hydrogen) atoms. The van der Waals surface area contributed by atoms with Crippen LogP contribution in [0.25, 0.3) is 10.2 Å². The summed E-state index contributed by atoms with van der Waals surface area (Å²) in [7, 11) is 2.03. The van der Waals surface area contributed by atoms with Crippen LogP contribution in [0.3, 0.4) is 0 Å². The molecule has 0 spiro atoms. The normalized spacial score (nSPS) is 13.1. The molecule has 2 rings (SSSR count). The fraction of sp³-hybridized carbons (Fsp3) is 0.571. The number of nitrogens with zero attached hydrogens (tertiary/aromatic N) is 3. The quantitative estimate of drug-likeness (QED) is 0.820. The molecule has 0 radical (unpaired) electrons. The first-order chi connectivity index (χ1) is 9.60. The van der Waals surface area contributed by atoms with Crippen molar-refractivity contribution in [2.45, 2.75) is 32.9 Å². The van der Waals surface area contributed by atoms with Crippen LogP contribution in [0.2, 0.25) is 0 Å². The molecule has 2 N–H and O–H groups in total. The summed E-state index contributed by atoms with van der Waals surface area (Å²) >= 11 is 1.64. The summed E-state index contributed by atoms with van der Waals surface area (Å²) < 4.78 is 0. The highest BCUT2D eigenvalue weighted by Gasteiger charge is 2.10. The summed E-state index contributed by atoms with van der Waals surface area (Å²) in [5.74, 6) is 1.74. The topological polar surface area (TPSA) is 61.3 Å². The van der Waals surface area contributed by atoms with Gasteiger partial charge in [-0.3, -0.25) is 4.90 Å². The van der Waals surface area contributed by atoms with Gasteiger partial charge in [0.15, 0.2) is 0 Å². The van der Waals surface area contributed by atoms with Gasteiger partial charge < -0.3 is 10.4 Å². The molecule has 0 aliphatic carbocycles. The van der Waals surface area contributed by atoms with Crippen LogP contribution >= 0.6 is 11.3 Å². The zero-order chi connectivity index (χ0) is 14.5. The minimum atomic E-state index is -0.268. The van der Waals surface area contributed by atoms with Gasteiger partial charge in [-0.2, -0.15) is 0 Å². The second-order valence-electron chi connectivity index (χ2n) is 5.03. The summed E-state index contributed by atoms with van der Waals surface area (Å²) in [6.07, 6.45) is 0.494. The molecule has 0 saturated heterocycles. The van der Waals surface area contributed by atoms with Crippen LogP contribution in [0.5, 0.6) is 0 Å². The molecule has 0 aromatic carbocycles. The van der Waals surface area contributed by atoms with Crippen LogP contribution in [-0.4, -0.2) is 46.2 Å². The maximum atomic E-state index is 9.33. The average molecular weight is 294 g/mol. The van der Waals surface area contributed by atoms with E-state index in [0.29, 0.717) is 6.54 Å². The summed E-state index contributed by atoms with van der Waals surface area (Å²) in [6, 6.07) is 2.05. The van der Waals surface area contributed by atoms with Gasteiger partial charge in [0.1, 0.15) is 16.5 Å². The number of nitrogens with one attached hydrogen (secondary N) is 1. The van der Waals surface area contributed by atoms with Crippen molar-refractivity contribution in [2.24, 2.45) is 0 Å². The van der Waals surface area contributed by atoms with Crippen molar-refractivity contribution < 1.29 is 5.11 Å². The number of rotatable bonds is 7. The predicted octanol–water partition coefficient (Wildman–Crippen LogP) is 2.33. The summed E-state index contributed by atoms with van der Waals surface area (Å²) in [4.78, 5) is 12.4. The van der Waals surface area contributed by atoms with E-state index in [-0.39, 0.29) is 6.10 Å². The van der Waals surface area contributed by atoms with E-state index in [4.69, 9.17) is 0 Å². The van der Waals surface area contributed by atoms with Crippen LogP contribution in [0.15, 0.2) is 11.4 Å². The fourth-order valence-electron chi connectivity index (χ4n) is 2.00. The Hall–Kier alpha value is -1.24. The first-order valence-corrected chi connectivity index (χ1v) is 7.82. The summed E-state index contributed by atoms with van der Waals surface area (Å²) in [6.45, 7) is 6.25. The van der Waals surface area contributed by atoms with Crippen LogP contribution in [0.1, 0.15) is 26.1 Å². The molecule has 1 unspecified atom stereocenters. The van der Waals surface area contributed by atoms with Crippen molar-refractivity contribution in [3.63, 3.8) is 0 Å². The number of fused-ring (bicyclic) bond motifs is 1. The van der Waals surface area contributed by atoms with E-state index >= 15 is 0 Å². The predicted molar refractivity (Wildman–Crippen MR) is 84.2 cm³/mol. The Morgan fingerprint density at radius 1 is 1.45 bits per heavy atom. The van der Waals surface area contributed by atoms with E-state index in [1.165, 1.54) is 0 Å². The molecular formula is C14H22N4OS. The lowest BCUT2D eigenvalue weighted by Gasteiger charge is -2.17. The molecule has 2 aromatic rings. The van der Waals surface area contributed by atoms with Gasteiger partial charge >= 0.3 is 0 Å². The van der Waals surface area contributed by atoms with Crippen molar-refractivity contribution in [3.8, 4) is 0 Å². The molecule has 0 bridgehead atoms. The van der Waals surface area contributed by atoms with Crippen molar-refractivity contribution in [2.75, 3.05) is 25.5 Å². The smallest absolute Gasteiger partial charge is 0.146 e.